The second kappa shape index (κ2) is 3.77. The van der Waals surface area contributed by atoms with Crippen LogP contribution in [0.25, 0.3) is 5.69 Å². The molecule has 0 aliphatic rings. The molecule has 0 fully saturated rings. The summed E-state index contributed by atoms with van der Waals surface area (Å²) in [5.41, 5.74) is 6.07. The number of aryl methyl sites for hydroxylation is 1. The molecule has 0 amide bonds. The molecule has 0 bridgehead atoms. The Labute approximate surface area is 91.2 Å². The van der Waals surface area contributed by atoms with E-state index in [9.17, 15) is 9.18 Å². The van der Waals surface area contributed by atoms with Gasteiger partial charge in [0.15, 0.2) is 11.6 Å². The van der Waals surface area contributed by atoms with Gasteiger partial charge in [0.1, 0.15) is 0 Å². The van der Waals surface area contributed by atoms with Gasteiger partial charge in [-0.05, 0) is 18.6 Å². The summed E-state index contributed by atoms with van der Waals surface area (Å²) >= 11 is 0. The van der Waals surface area contributed by atoms with E-state index >= 15 is 0 Å². The highest BCUT2D eigenvalue weighted by Crippen LogP contribution is 2.12. The number of rotatable bonds is 1. The summed E-state index contributed by atoms with van der Waals surface area (Å²) in [6.45, 7) is 1.83. The third-order valence-corrected chi connectivity index (χ3v) is 2.28. The number of nitrogen functional groups attached to an aromatic ring is 1. The van der Waals surface area contributed by atoms with Crippen LogP contribution in [0.1, 0.15) is 5.56 Å². The fourth-order valence-corrected chi connectivity index (χ4v) is 1.45. The van der Waals surface area contributed by atoms with Gasteiger partial charge in [0, 0.05) is 0 Å². The first kappa shape index (κ1) is 10.4. The van der Waals surface area contributed by atoms with Gasteiger partial charge in [0.25, 0.3) is 0 Å². The molecular weight excluding hydrogens is 209 g/mol. The van der Waals surface area contributed by atoms with Crippen molar-refractivity contribution in [2.45, 2.75) is 6.92 Å². The van der Waals surface area contributed by atoms with Crippen LogP contribution in [0.4, 0.5) is 10.2 Å². The zero-order chi connectivity index (χ0) is 11.7. The largest absolute Gasteiger partial charge is 0.381 e. The van der Waals surface area contributed by atoms with Crippen molar-refractivity contribution in [1.82, 2.24) is 9.55 Å². The predicted octanol–water partition coefficient (Wildman–Crippen LogP) is 1.26. The summed E-state index contributed by atoms with van der Waals surface area (Å²) in [5.74, 6) is -1.09. The maximum Gasteiger partial charge on any atom is 0.354 e. The van der Waals surface area contributed by atoms with E-state index < -0.39 is 11.5 Å². The highest BCUT2D eigenvalue weighted by atomic mass is 19.1. The van der Waals surface area contributed by atoms with Crippen LogP contribution < -0.4 is 11.4 Å². The van der Waals surface area contributed by atoms with Crippen LogP contribution in [0, 0.1) is 12.7 Å². The SMILES string of the molecule is Cc1ccccc1-n1cc(F)c(N)nc1=O. The lowest BCUT2D eigenvalue weighted by Gasteiger charge is -2.08. The molecule has 5 heteroatoms. The van der Waals surface area contributed by atoms with E-state index in [-0.39, 0.29) is 5.82 Å². The number of nitrogens with two attached hydrogens (primary N) is 1. The first-order valence-electron chi connectivity index (χ1n) is 4.70. The summed E-state index contributed by atoms with van der Waals surface area (Å²) in [5, 5.41) is 0. The maximum atomic E-state index is 13.2. The Hall–Kier alpha value is -2.17. The van der Waals surface area contributed by atoms with Crippen molar-refractivity contribution in [2.75, 3.05) is 5.73 Å². The number of nitrogens with zero attached hydrogens (tertiary/aromatic N) is 2. The van der Waals surface area contributed by atoms with E-state index in [1.54, 1.807) is 12.1 Å². The minimum Gasteiger partial charge on any atom is -0.381 e. The zero-order valence-corrected chi connectivity index (χ0v) is 8.64. The van der Waals surface area contributed by atoms with Crippen molar-refractivity contribution in [3.05, 3.63) is 52.3 Å². The lowest BCUT2D eigenvalue weighted by atomic mass is 10.2. The summed E-state index contributed by atoms with van der Waals surface area (Å²) in [7, 11) is 0. The topological polar surface area (TPSA) is 60.9 Å². The maximum absolute atomic E-state index is 13.2. The Bertz CT molecular complexity index is 592. The van der Waals surface area contributed by atoms with Gasteiger partial charge >= 0.3 is 5.69 Å². The normalized spacial score (nSPS) is 10.4. The van der Waals surface area contributed by atoms with Crippen LogP contribution in [-0.2, 0) is 0 Å². The molecule has 0 spiro atoms. The lowest BCUT2D eigenvalue weighted by molar-refractivity contribution is 0.607. The third-order valence-electron chi connectivity index (χ3n) is 2.28. The van der Waals surface area contributed by atoms with E-state index in [0.717, 1.165) is 16.3 Å². The Morgan fingerprint density at radius 3 is 2.75 bits per heavy atom. The number of hydrogen-bond donors (Lipinski definition) is 1. The smallest absolute Gasteiger partial charge is 0.354 e. The Kier molecular flexibility index (Phi) is 2.44. The van der Waals surface area contributed by atoms with Crippen LogP contribution in [-0.4, -0.2) is 9.55 Å². The molecular formula is C11H10FN3O. The van der Waals surface area contributed by atoms with Crippen LogP contribution in [0.15, 0.2) is 35.3 Å². The summed E-state index contributed by atoms with van der Waals surface area (Å²) < 4.78 is 14.4. The summed E-state index contributed by atoms with van der Waals surface area (Å²) in [4.78, 5) is 15.0. The highest BCUT2D eigenvalue weighted by Gasteiger charge is 2.08. The minimum absolute atomic E-state index is 0.380. The second-order valence-electron chi connectivity index (χ2n) is 3.41. The standard InChI is InChI=1S/C11H10FN3O/c1-7-4-2-3-5-9(7)15-6-8(12)10(13)14-11(15)16/h2-6H,1H3,(H2,13,14,16). The molecule has 0 saturated carbocycles. The highest BCUT2D eigenvalue weighted by molar-refractivity contribution is 5.41. The molecule has 1 heterocycles. The predicted molar refractivity (Wildman–Crippen MR) is 58.9 cm³/mol. The fraction of sp³-hybridized carbons (Fsp3) is 0.0909. The Morgan fingerprint density at radius 2 is 2.06 bits per heavy atom. The number of anilines is 1. The molecule has 16 heavy (non-hydrogen) atoms. The molecule has 0 unspecified atom stereocenters. The van der Waals surface area contributed by atoms with Crippen LogP contribution in [0.2, 0.25) is 0 Å². The van der Waals surface area contributed by atoms with E-state index in [1.165, 1.54) is 0 Å². The number of benzene rings is 1. The molecule has 2 aromatic rings. The van der Waals surface area contributed by atoms with Gasteiger partial charge < -0.3 is 5.73 Å². The van der Waals surface area contributed by atoms with Crippen molar-refractivity contribution < 1.29 is 4.39 Å². The molecule has 4 nitrogen and oxygen atoms in total. The van der Waals surface area contributed by atoms with Crippen molar-refractivity contribution in [2.24, 2.45) is 0 Å². The molecule has 0 aliphatic carbocycles. The molecule has 0 radical (unpaired) electrons. The minimum atomic E-state index is -0.706. The number of hydrogen-bond acceptors (Lipinski definition) is 3. The lowest BCUT2D eigenvalue weighted by Crippen LogP contribution is -2.23. The zero-order valence-electron chi connectivity index (χ0n) is 8.64. The van der Waals surface area contributed by atoms with Crippen molar-refractivity contribution >= 4 is 5.82 Å². The van der Waals surface area contributed by atoms with Gasteiger partial charge in [0.05, 0.1) is 11.9 Å². The molecule has 1 aromatic carbocycles. The average molecular weight is 219 g/mol. The van der Waals surface area contributed by atoms with Gasteiger partial charge in [-0.25, -0.2) is 9.18 Å². The van der Waals surface area contributed by atoms with Crippen LogP contribution >= 0.6 is 0 Å². The molecule has 2 N–H and O–H groups in total. The van der Waals surface area contributed by atoms with Crippen LogP contribution in [0.3, 0.4) is 0 Å². The van der Waals surface area contributed by atoms with Gasteiger partial charge in [0.2, 0.25) is 0 Å². The van der Waals surface area contributed by atoms with Gasteiger partial charge in [-0.15, -0.1) is 0 Å². The van der Waals surface area contributed by atoms with Gasteiger partial charge in [-0.1, -0.05) is 18.2 Å². The number of para-hydroxylation sites is 1. The molecule has 1 aromatic heterocycles. The Morgan fingerprint density at radius 1 is 1.38 bits per heavy atom. The third kappa shape index (κ3) is 1.67. The van der Waals surface area contributed by atoms with Crippen molar-refractivity contribution in [3.8, 4) is 5.69 Å². The Balaban J connectivity index is 2.70. The van der Waals surface area contributed by atoms with Gasteiger partial charge in [-0.3, -0.25) is 4.57 Å². The molecule has 2 rings (SSSR count). The first-order valence-corrected chi connectivity index (χ1v) is 4.70. The second-order valence-corrected chi connectivity index (χ2v) is 3.41. The quantitative estimate of drug-likeness (QED) is 0.785. The number of halogens is 1. The van der Waals surface area contributed by atoms with Crippen molar-refractivity contribution in [3.63, 3.8) is 0 Å². The first-order chi connectivity index (χ1) is 7.59. The molecule has 0 atom stereocenters. The number of aromatic nitrogens is 2. The molecule has 0 saturated heterocycles. The molecule has 0 aliphatic heterocycles. The monoisotopic (exact) mass is 219 g/mol. The van der Waals surface area contributed by atoms with Crippen molar-refractivity contribution in [1.29, 1.82) is 0 Å². The summed E-state index contributed by atoms with van der Waals surface area (Å²) in [6, 6.07) is 7.15. The van der Waals surface area contributed by atoms with Crippen LogP contribution in [0.5, 0.6) is 0 Å². The average Bonchev–Trinajstić information content (AvgIpc) is 2.25. The van der Waals surface area contributed by atoms with E-state index in [4.69, 9.17) is 5.73 Å². The van der Waals surface area contributed by atoms with E-state index in [1.807, 2.05) is 19.1 Å². The molecule has 82 valence electrons. The fourth-order valence-electron chi connectivity index (χ4n) is 1.45. The van der Waals surface area contributed by atoms with E-state index in [2.05, 4.69) is 4.98 Å². The van der Waals surface area contributed by atoms with Gasteiger partial charge in [-0.2, -0.15) is 4.98 Å². The van der Waals surface area contributed by atoms with E-state index in [0.29, 0.717) is 5.69 Å². The summed E-state index contributed by atoms with van der Waals surface area (Å²) in [6.07, 6.45) is 1.05.